The summed E-state index contributed by atoms with van der Waals surface area (Å²) >= 11 is 0. The number of rotatable bonds is 8. The first-order valence-electron chi connectivity index (χ1n) is 8.88. The Hall–Kier alpha value is -0.810. The van der Waals surface area contributed by atoms with Gasteiger partial charge in [0.15, 0.2) is 0 Å². The first kappa shape index (κ1) is 19.2. The Morgan fingerprint density at radius 2 is 2.00 bits per heavy atom. The Balaban J connectivity index is 2.24. The maximum Gasteiger partial charge on any atom is 0.315 e. The number of hydrogen-bond acceptors (Lipinski definition) is 3. The molecule has 0 spiro atoms. The third kappa shape index (κ3) is 6.53. The molecule has 0 aliphatic carbocycles. The standard InChI is InChI=1S/C17H35N3O2/c1-5-7-10-20-11-8-15(9-12-20)19-16(21)18-13-17(4,22)14(3)6-2/h14-15,22H,5-13H2,1-4H3,(H2,18,19,21). The summed E-state index contributed by atoms with van der Waals surface area (Å²) in [6, 6.07) is 0.0991. The molecule has 1 aliphatic rings. The number of nitrogens with zero attached hydrogens (tertiary/aromatic N) is 1. The van der Waals surface area contributed by atoms with Gasteiger partial charge in [0.25, 0.3) is 0 Å². The topological polar surface area (TPSA) is 64.6 Å². The molecule has 2 atom stereocenters. The summed E-state index contributed by atoms with van der Waals surface area (Å²) in [5, 5.41) is 16.2. The Morgan fingerprint density at radius 3 is 2.55 bits per heavy atom. The van der Waals surface area contributed by atoms with E-state index in [1.54, 1.807) is 6.92 Å². The van der Waals surface area contributed by atoms with E-state index in [1.807, 2.05) is 13.8 Å². The van der Waals surface area contributed by atoms with Gasteiger partial charge in [-0.3, -0.25) is 0 Å². The molecule has 1 heterocycles. The van der Waals surface area contributed by atoms with Crippen LogP contribution in [0.4, 0.5) is 4.79 Å². The van der Waals surface area contributed by atoms with E-state index in [-0.39, 0.29) is 18.0 Å². The molecule has 130 valence electrons. The summed E-state index contributed by atoms with van der Waals surface area (Å²) < 4.78 is 0. The Kier molecular flexibility index (Phi) is 8.18. The quantitative estimate of drug-likeness (QED) is 0.644. The van der Waals surface area contributed by atoms with Crippen LogP contribution >= 0.6 is 0 Å². The number of carbonyl (C=O) groups is 1. The van der Waals surface area contributed by atoms with Gasteiger partial charge in [-0.05, 0) is 38.6 Å². The molecule has 1 aliphatic heterocycles. The average molecular weight is 313 g/mol. The van der Waals surface area contributed by atoms with Crippen LogP contribution in [0.15, 0.2) is 0 Å². The largest absolute Gasteiger partial charge is 0.388 e. The van der Waals surface area contributed by atoms with Gasteiger partial charge in [-0.2, -0.15) is 0 Å². The molecule has 1 rings (SSSR count). The van der Waals surface area contributed by atoms with Crippen LogP contribution in [0.5, 0.6) is 0 Å². The summed E-state index contributed by atoms with van der Waals surface area (Å²) in [6.45, 7) is 11.7. The predicted molar refractivity (Wildman–Crippen MR) is 91.0 cm³/mol. The fraction of sp³-hybridized carbons (Fsp3) is 0.941. The van der Waals surface area contributed by atoms with Crippen molar-refractivity contribution in [2.24, 2.45) is 5.92 Å². The third-order valence-electron chi connectivity index (χ3n) is 5.03. The highest BCUT2D eigenvalue weighted by molar-refractivity contribution is 5.74. The van der Waals surface area contributed by atoms with Gasteiger partial charge < -0.3 is 20.6 Å². The SMILES string of the molecule is CCCCN1CCC(NC(=O)NCC(C)(O)C(C)CC)CC1. The highest BCUT2D eigenvalue weighted by Gasteiger charge is 2.28. The maximum absolute atomic E-state index is 12.0. The van der Waals surface area contributed by atoms with E-state index < -0.39 is 5.60 Å². The van der Waals surface area contributed by atoms with E-state index >= 15 is 0 Å². The molecule has 0 radical (unpaired) electrons. The molecule has 1 saturated heterocycles. The summed E-state index contributed by atoms with van der Waals surface area (Å²) in [6.07, 6.45) is 5.41. The summed E-state index contributed by atoms with van der Waals surface area (Å²) in [5.74, 6) is 0.162. The zero-order chi connectivity index (χ0) is 16.6. The minimum atomic E-state index is -0.852. The molecule has 2 amide bonds. The van der Waals surface area contributed by atoms with Crippen molar-refractivity contribution >= 4 is 6.03 Å². The summed E-state index contributed by atoms with van der Waals surface area (Å²) in [5.41, 5.74) is -0.852. The van der Waals surface area contributed by atoms with E-state index in [2.05, 4.69) is 22.5 Å². The monoisotopic (exact) mass is 313 g/mol. The van der Waals surface area contributed by atoms with Crippen LogP contribution < -0.4 is 10.6 Å². The number of unbranched alkanes of at least 4 members (excludes halogenated alkanes) is 1. The average Bonchev–Trinajstić information content (AvgIpc) is 2.51. The van der Waals surface area contributed by atoms with Crippen LogP contribution in [0.25, 0.3) is 0 Å². The number of hydrogen-bond donors (Lipinski definition) is 3. The van der Waals surface area contributed by atoms with Crippen LogP contribution in [0.1, 0.15) is 59.8 Å². The number of piperidine rings is 1. The van der Waals surface area contributed by atoms with E-state index in [4.69, 9.17) is 0 Å². The highest BCUT2D eigenvalue weighted by atomic mass is 16.3. The van der Waals surface area contributed by atoms with E-state index in [0.29, 0.717) is 6.54 Å². The third-order valence-corrected chi connectivity index (χ3v) is 5.03. The lowest BCUT2D eigenvalue weighted by Gasteiger charge is -2.33. The Bertz CT molecular complexity index is 326. The molecule has 1 fully saturated rings. The molecule has 0 aromatic carbocycles. The highest BCUT2D eigenvalue weighted by Crippen LogP contribution is 2.18. The second kappa shape index (κ2) is 9.36. The van der Waals surface area contributed by atoms with E-state index in [9.17, 15) is 9.90 Å². The Labute approximate surface area is 135 Å². The van der Waals surface area contributed by atoms with E-state index in [1.165, 1.54) is 19.4 Å². The number of urea groups is 1. The maximum atomic E-state index is 12.0. The van der Waals surface area contributed by atoms with Crippen LogP contribution in [0, 0.1) is 5.92 Å². The van der Waals surface area contributed by atoms with Crippen molar-refractivity contribution in [3.8, 4) is 0 Å². The zero-order valence-corrected chi connectivity index (χ0v) is 14.8. The molecule has 0 aromatic heterocycles. The number of likely N-dealkylation sites (tertiary alicyclic amines) is 1. The fourth-order valence-corrected chi connectivity index (χ4v) is 2.79. The second-order valence-electron chi connectivity index (χ2n) is 6.96. The van der Waals surface area contributed by atoms with Crippen molar-refractivity contribution in [2.75, 3.05) is 26.2 Å². The van der Waals surface area contributed by atoms with Gasteiger partial charge in [0.1, 0.15) is 0 Å². The van der Waals surface area contributed by atoms with Crippen LogP contribution in [-0.2, 0) is 0 Å². The lowest BCUT2D eigenvalue weighted by atomic mass is 9.89. The lowest BCUT2D eigenvalue weighted by Crippen LogP contribution is -2.52. The zero-order valence-electron chi connectivity index (χ0n) is 14.8. The first-order valence-corrected chi connectivity index (χ1v) is 8.88. The van der Waals surface area contributed by atoms with Gasteiger partial charge in [-0.1, -0.05) is 33.6 Å². The minimum absolute atomic E-state index is 0.157. The number of nitrogens with one attached hydrogen (secondary N) is 2. The smallest absolute Gasteiger partial charge is 0.315 e. The van der Waals surface area contributed by atoms with Crippen LogP contribution in [0.2, 0.25) is 0 Å². The summed E-state index contributed by atoms with van der Waals surface area (Å²) in [7, 11) is 0. The molecule has 22 heavy (non-hydrogen) atoms. The van der Waals surface area contributed by atoms with Crippen molar-refractivity contribution in [3.63, 3.8) is 0 Å². The molecular weight excluding hydrogens is 278 g/mol. The molecule has 3 N–H and O–H groups in total. The number of amides is 2. The number of carbonyl (C=O) groups excluding carboxylic acids is 1. The number of aliphatic hydroxyl groups is 1. The molecule has 0 bridgehead atoms. The van der Waals surface area contributed by atoms with Gasteiger partial charge in [0, 0.05) is 25.7 Å². The van der Waals surface area contributed by atoms with Crippen LogP contribution in [0.3, 0.4) is 0 Å². The molecule has 0 aromatic rings. The normalized spacial score (nSPS) is 21.1. The molecule has 0 saturated carbocycles. The molecule has 5 nitrogen and oxygen atoms in total. The second-order valence-corrected chi connectivity index (χ2v) is 6.96. The van der Waals surface area contributed by atoms with Crippen molar-refractivity contribution in [1.29, 1.82) is 0 Å². The first-order chi connectivity index (χ1) is 10.4. The lowest BCUT2D eigenvalue weighted by molar-refractivity contribution is 0.00777. The fourth-order valence-electron chi connectivity index (χ4n) is 2.79. The van der Waals surface area contributed by atoms with Crippen molar-refractivity contribution < 1.29 is 9.90 Å². The van der Waals surface area contributed by atoms with E-state index in [0.717, 1.165) is 32.4 Å². The van der Waals surface area contributed by atoms with Crippen molar-refractivity contribution in [2.45, 2.75) is 71.4 Å². The van der Waals surface area contributed by atoms with Gasteiger partial charge in [0.05, 0.1) is 5.60 Å². The van der Waals surface area contributed by atoms with Gasteiger partial charge in [-0.15, -0.1) is 0 Å². The Morgan fingerprint density at radius 1 is 1.36 bits per heavy atom. The molecule has 5 heteroatoms. The van der Waals surface area contributed by atoms with Gasteiger partial charge >= 0.3 is 6.03 Å². The molecule has 2 unspecified atom stereocenters. The van der Waals surface area contributed by atoms with Gasteiger partial charge in [0.2, 0.25) is 0 Å². The van der Waals surface area contributed by atoms with Crippen molar-refractivity contribution in [1.82, 2.24) is 15.5 Å². The summed E-state index contributed by atoms with van der Waals surface area (Å²) in [4.78, 5) is 14.5. The minimum Gasteiger partial charge on any atom is -0.388 e. The molecular formula is C17H35N3O2. The van der Waals surface area contributed by atoms with Gasteiger partial charge in [-0.25, -0.2) is 4.79 Å². The van der Waals surface area contributed by atoms with Crippen molar-refractivity contribution in [3.05, 3.63) is 0 Å². The van der Waals surface area contributed by atoms with Crippen LogP contribution in [-0.4, -0.2) is 53.9 Å². The predicted octanol–water partition coefficient (Wildman–Crippen LogP) is 2.35.